The van der Waals surface area contributed by atoms with E-state index in [1.807, 2.05) is 0 Å². The summed E-state index contributed by atoms with van der Waals surface area (Å²) in [5.41, 5.74) is 0.259. The third kappa shape index (κ3) is 2.35. The quantitative estimate of drug-likeness (QED) is 0.477. The van der Waals surface area contributed by atoms with Crippen molar-refractivity contribution in [2.45, 2.75) is 0 Å². The van der Waals surface area contributed by atoms with E-state index >= 15 is 0 Å². The number of rotatable bonds is 2. The van der Waals surface area contributed by atoms with Crippen molar-refractivity contribution in [1.82, 2.24) is 5.48 Å². The Labute approximate surface area is 93.5 Å². The van der Waals surface area contributed by atoms with Crippen molar-refractivity contribution in [1.29, 1.82) is 0 Å². The molecule has 0 saturated heterocycles. The van der Waals surface area contributed by atoms with Crippen LogP contribution in [0.15, 0.2) is 12.1 Å². The Bertz CT molecular complexity index is 435. The fourth-order valence-electron chi connectivity index (χ4n) is 0.985. The maximum absolute atomic E-state index is 11.1. The van der Waals surface area contributed by atoms with E-state index in [1.54, 1.807) is 0 Å². The van der Waals surface area contributed by atoms with Crippen LogP contribution in [0.2, 0.25) is 10.0 Å². The predicted octanol–water partition coefficient (Wildman–Crippen LogP) is 2.02. The van der Waals surface area contributed by atoms with Crippen molar-refractivity contribution < 1.29 is 14.9 Å². The van der Waals surface area contributed by atoms with Gasteiger partial charge in [-0.15, -0.1) is 0 Å². The highest BCUT2D eigenvalue weighted by molar-refractivity contribution is 6.37. The number of hydrogen-bond donors (Lipinski definition) is 2. The molecule has 2 N–H and O–H groups in total. The minimum absolute atomic E-state index is 0.0289. The van der Waals surface area contributed by atoms with Gasteiger partial charge in [0.1, 0.15) is 5.56 Å². The lowest BCUT2D eigenvalue weighted by Crippen LogP contribution is -2.20. The highest BCUT2D eigenvalue weighted by atomic mass is 35.5. The molecule has 0 aromatic heterocycles. The summed E-state index contributed by atoms with van der Waals surface area (Å²) in [6.45, 7) is 0. The van der Waals surface area contributed by atoms with Gasteiger partial charge in [-0.2, -0.15) is 0 Å². The molecule has 1 rings (SSSR count). The number of hydroxylamine groups is 1. The lowest BCUT2D eigenvalue weighted by atomic mass is 10.1. The first-order valence-corrected chi connectivity index (χ1v) is 4.31. The number of hydrogen-bond acceptors (Lipinski definition) is 4. The molecule has 0 saturated carbocycles. The first-order valence-electron chi connectivity index (χ1n) is 3.55. The number of halogens is 2. The SMILES string of the molecule is O=C(NO)c1c(Cl)cc(Cl)cc1[N+](=O)[O-]. The number of carbonyl (C=O) groups excluding carboxylic acids is 1. The van der Waals surface area contributed by atoms with Gasteiger partial charge in [0.15, 0.2) is 0 Å². The van der Waals surface area contributed by atoms with Gasteiger partial charge in [0, 0.05) is 11.1 Å². The summed E-state index contributed by atoms with van der Waals surface area (Å²) in [4.78, 5) is 20.8. The second-order valence-corrected chi connectivity index (χ2v) is 3.32. The molecule has 0 heterocycles. The maximum atomic E-state index is 11.1. The van der Waals surface area contributed by atoms with Crippen molar-refractivity contribution in [3.8, 4) is 0 Å². The highest BCUT2D eigenvalue weighted by Gasteiger charge is 2.24. The van der Waals surface area contributed by atoms with Crippen LogP contribution >= 0.6 is 23.2 Å². The van der Waals surface area contributed by atoms with Gasteiger partial charge in [-0.05, 0) is 6.07 Å². The van der Waals surface area contributed by atoms with Gasteiger partial charge in [0.05, 0.1) is 9.95 Å². The molecule has 0 spiro atoms. The normalized spacial score (nSPS) is 9.80. The number of nitro groups is 1. The number of nitro benzene ring substituents is 1. The number of benzene rings is 1. The molecule has 0 aliphatic carbocycles. The van der Waals surface area contributed by atoms with Crippen molar-refractivity contribution in [2.24, 2.45) is 0 Å². The summed E-state index contributed by atoms with van der Waals surface area (Å²) < 4.78 is 0. The Hall–Kier alpha value is -1.37. The molecule has 15 heavy (non-hydrogen) atoms. The molecular formula is C7H4Cl2N2O4. The summed E-state index contributed by atoms with van der Waals surface area (Å²) in [7, 11) is 0. The van der Waals surface area contributed by atoms with E-state index in [1.165, 1.54) is 11.5 Å². The average Bonchev–Trinajstić information content (AvgIpc) is 2.15. The summed E-state index contributed by atoms with van der Waals surface area (Å²) >= 11 is 11.1. The van der Waals surface area contributed by atoms with Crippen LogP contribution < -0.4 is 5.48 Å². The molecule has 1 aromatic rings. The van der Waals surface area contributed by atoms with Crippen molar-refractivity contribution >= 4 is 34.8 Å². The second kappa shape index (κ2) is 4.43. The van der Waals surface area contributed by atoms with Crippen LogP contribution in [-0.2, 0) is 0 Å². The highest BCUT2D eigenvalue weighted by Crippen LogP contribution is 2.30. The largest absolute Gasteiger partial charge is 0.288 e. The van der Waals surface area contributed by atoms with E-state index in [0.29, 0.717) is 0 Å². The molecule has 8 heteroatoms. The molecule has 0 bridgehead atoms. The second-order valence-electron chi connectivity index (χ2n) is 2.48. The van der Waals surface area contributed by atoms with E-state index in [-0.39, 0.29) is 10.0 Å². The smallest absolute Gasteiger partial charge is 0.285 e. The zero-order chi connectivity index (χ0) is 11.6. The molecule has 0 fully saturated rings. The molecule has 1 amide bonds. The molecule has 0 atom stereocenters. The molecular weight excluding hydrogens is 247 g/mol. The Kier molecular flexibility index (Phi) is 3.46. The number of carbonyl (C=O) groups is 1. The van der Waals surface area contributed by atoms with Crippen LogP contribution in [0.4, 0.5) is 5.69 Å². The number of nitrogens with one attached hydrogen (secondary N) is 1. The molecule has 0 aliphatic rings. The zero-order valence-electron chi connectivity index (χ0n) is 7.03. The lowest BCUT2D eigenvalue weighted by Gasteiger charge is -2.03. The van der Waals surface area contributed by atoms with Gasteiger partial charge < -0.3 is 0 Å². The van der Waals surface area contributed by atoms with Crippen LogP contribution in [0.25, 0.3) is 0 Å². The van der Waals surface area contributed by atoms with Gasteiger partial charge in [0.2, 0.25) is 0 Å². The zero-order valence-corrected chi connectivity index (χ0v) is 8.54. The Morgan fingerprint density at radius 2 is 2.07 bits per heavy atom. The van der Waals surface area contributed by atoms with E-state index in [2.05, 4.69) is 0 Å². The Balaban J connectivity index is 3.46. The maximum Gasteiger partial charge on any atom is 0.285 e. The monoisotopic (exact) mass is 250 g/mol. The lowest BCUT2D eigenvalue weighted by molar-refractivity contribution is -0.385. The van der Waals surface area contributed by atoms with Gasteiger partial charge in [0.25, 0.3) is 11.6 Å². The third-order valence-corrected chi connectivity index (χ3v) is 2.08. The fraction of sp³-hybridized carbons (Fsp3) is 0. The van der Waals surface area contributed by atoms with Crippen molar-refractivity contribution in [2.75, 3.05) is 0 Å². The summed E-state index contributed by atoms with van der Waals surface area (Å²) in [6, 6.07) is 2.14. The Morgan fingerprint density at radius 3 is 2.53 bits per heavy atom. The molecule has 1 aromatic carbocycles. The van der Waals surface area contributed by atoms with Gasteiger partial charge >= 0.3 is 0 Å². The van der Waals surface area contributed by atoms with E-state index in [0.717, 1.165) is 6.07 Å². The number of nitrogens with zero attached hydrogens (tertiary/aromatic N) is 1. The topological polar surface area (TPSA) is 92.5 Å². The van der Waals surface area contributed by atoms with E-state index in [4.69, 9.17) is 28.4 Å². The molecule has 0 aliphatic heterocycles. The van der Waals surface area contributed by atoms with Crippen molar-refractivity contribution in [3.05, 3.63) is 37.9 Å². The average molecular weight is 251 g/mol. The minimum atomic E-state index is -1.07. The first kappa shape index (κ1) is 11.7. The van der Waals surface area contributed by atoms with Crippen molar-refractivity contribution in [3.63, 3.8) is 0 Å². The van der Waals surface area contributed by atoms with Gasteiger partial charge in [-0.3, -0.25) is 20.1 Å². The van der Waals surface area contributed by atoms with E-state index < -0.39 is 22.1 Å². The van der Waals surface area contributed by atoms with Crippen LogP contribution in [-0.4, -0.2) is 16.0 Å². The van der Waals surface area contributed by atoms with Crippen LogP contribution in [0.1, 0.15) is 10.4 Å². The standard InChI is InChI=1S/C7H4Cl2N2O4/c8-3-1-4(9)6(7(12)10-13)5(2-3)11(14)15/h1-2,13H,(H,10,12). The Morgan fingerprint density at radius 1 is 1.47 bits per heavy atom. The van der Waals surface area contributed by atoms with Crippen LogP contribution in [0.3, 0.4) is 0 Å². The van der Waals surface area contributed by atoms with Gasteiger partial charge in [-0.1, -0.05) is 23.2 Å². The summed E-state index contributed by atoms with van der Waals surface area (Å²) in [5.74, 6) is -1.07. The third-order valence-electron chi connectivity index (χ3n) is 1.56. The fourth-order valence-corrected chi connectivity index (χ4v) is 1.55. The number of amides is 1. The summed E-state index contributed by atoms with van der Waals surface area (Å²) in [5, 5.41) is 18.8. The molecule has 6 nitrogen and oxygen atoms in total. The van der Waals surface area contributed by atoms with Crippen LogP contribution in [0.5, 0.6) is 0 Å². The predicted molar refractivity (Wildman–Crippen MR) is 52.4 cm³/mol. The minimum Gasteiger partial charge on any atom is -0.288 e. The summed E-state index contributed by atoms with van der Waals surface area (Å²) in [6.07, 6.45) is 0. The first-order chi connectivity index (χ1) is 6.97. The van der Waals surface area contributed by atoms with Crippen LogP contribution in [0, 0.1) is 10.1 Å². The molecule has 0 radical (unpaired) electrons. The molecule has 80 valence electrons. The van der Waals surface area contributed by atoms with Gasteiger partial charge in [-0.25, -0.2) is 5.48 Å². The molecule has 0 unspecified atom stereocenters. The van der Waals surface area contributed by atoms with E-state index in [9.17, 15) is 14.9 Å².